The summed E-state index contributed by atoms with van der Waals surface area (Å²) < 4.78 is 13.9. The van der Waals surface area contributed by atoms with Gasteiger partial charge in [-0.2, -0.15) is 0 Å². The van der Waals surface area contributed by atoms with Crippen molar-refractivity contribution in [3.8, 4) is 0 Å². The summed E-state index contributed by atoms with van der Waals surface area (Å²) in [6, 6.07) is 6.83. The second kappa shape index (κ2) is 11.1. The Kier molecular flexibility index (Phi) is 9.54. The number of halogens is 2. The minimum atomic E-state index is -0.193. The van der Waals surface area contributed by atoms with Crippen LogP contribution in [0.15, 0.2) is 29.3 Å². The van der Waals surface area contributed by atoms with Gasteiger partial charge >= 0.3 is 0 Å². The lowest BCUT2D eigenvalue weighted by Crippen LogP contribution is -2.53. The smallest absolute Gasteiger partial charge is 0.239 e. The van der Waals surface area contributed by atoms with Crippen molar-refractivity contribution in [2.75, 3.05) is 51.2 Å². The number of para-hydroxylation sites is 1. The van der Waals surface area contributed by atoms with Crippen molar-refractivity contribution in [2.24, 2.45) is 4.99 Å². The maximum atomic E-state index is 13.9. The Bertz CT molecular complexity index is 576. The van der Waals surface area contributed by atoms with E-state index in [1.54, 1.807) is 19.2 Å². The standard InChI is InChI=1S/C17H26FN5O.HI/c1-3-8-20-16(24)13-21-17(19-2)23-11-9-22(10-12-23)15-7-5-4-6-14(15)18;/h4-7H,3,8-13H2,1-2H3,(H,19,21)(H,20,24);1H. The molecule has 1 aromatic carbocycles. The summed E-state index contributed by atoms with van der Waals surface area (Å²) >= 11 is 0. The monoisotopic (exact) mass is 463 g/mol. The number of piperazine rings is 1. The highest BCUT2D eigenvalue weighted by molar-refractivity contribution is 14.0. The van der Waals surface area contributed by atoms with Crippen LogP contribution in [-0.2, 0) is 4.79 Å². The van der Waals surface area contributed by atoms with Crippen molar-refractivity contribution in [2.45, 2.75) is 13.3 Å². The van der Waals surface area contributed by atoms with Gasteiger partial charge in [0.1, 0.15) is 5.82 Å². The van der Waals surface area contributed by atoms with Crippen molar-refractivity contribution < 1.29 is 9.18 Å². The molecule has 0 saturated carbocycles. The molecule has 0 atom stereocenters. The molecule has 0 aromatic heterocycles. The zero-order valence-electron chi connectivity index (χ0n) is 14.8. The molecular formula is C17H27FIN5O. The highest BCUT2D eigenvalue weighted by Gasteiger charge is 2.21. The third-order valence-corrected chi connectivity index (χ3v) is 3.96. The molecule has 25 heavy (non-hydrogen) atoms. The summed E-state index contributed by atoms with van der Waals surface area (Å²) in [6.07, 6.45) is 0.915. The van der Waals surface area contributed by atoms with Gasteiger partial charge in [-0.25, -0.2) is 4.39 Å². The van der Waals surface area contributed by atoms with Gasteiger partial charge in [0.2, 0.25) is 5.91 Å². The third kappa shape index (κ3) is 6.33. The Balaban J connectivity index is 0.00000312. The van der Waals surface area contributed by atoms with Crippen LogP contribution in [0.5, 0.6) is 0 Å². The lowest BCUT2D eigenvalue weighted by Gasteiger charge is -2.37. The Labute approximate surface area is 165 Å². The largest absolute Gasteiger partial charge is 0.366 e. The first-order valence-corrected chi connectivity index (χ1v) is 8.37. The first-order valence-electron chi connectivity index (χ1n) is 8.37. The van der Waals surface area contributed by atoms with E-state index in [4.69, 9.17) is 0 Å². The first-order chi connectivity index (χ1) is 11.7. The van der Waals surface area contributed by atoms with Crippen LogP contribution in [0.4, 0.5) is 10.1 Å². The number of rotatable bonds is 5. The van der Waals surface area contributed by atoms with Crippen LogP contribution in [0, 0.1) is 5.82 Å². The number of aliphatic imine (C=N–C) groups is 1. The Morgan fingerprint density at radius 3 is 2.48 bits per heavy atom. The molecule has 140 valence electrons. The molecule has 1 aliphatic rings. The van der Waals surface area contributed by atoms with Crippen molar-refractivity contribution in [1.82, 2.24) is 15.5 Å². The first kappa shape index (κ1) is 21.5. The maximum absolute atomic E-state index is 13.9. The number of guanidine groups is 1. The van der Waals surface area contributed by atoms with E-state index < -0.39 is 0 Å². The van der Waals surface area contributed by atoms with E-state index in [-0.39, 0.29) is 42.2 Å². The molecule has 6 nitrogen and oxygen atoms in total. The van der Waals surface area contributed by atoms with Crippen molar-refractivity contribution in [3.05, 3.63) is 30.1 Å². The fraction of sp³-hybridized carbons (Fsp3) is 0.529. The van der Waals surface area contributed by atoms with Crippen molar-refractivity contribution >= 4 is 41.5 Å². The number of nitrogens with one attached hydrogen (secondary N) is 2. The molecule has 1 aliphatic heterocycles. The molecule has 0 spiro atoms. The molecule has 1 saturated heterocycles. The summed E-state index contributed by atoms with van der Waals surface area (Å²) in [7, 11) is 1.70. The number of hydrogen-bond donors (Lipinski definition) is 2. The molecule has 1 aromatic rings. The number of amides is 1. The van der Waals surface area contributed by atoms with Crippen LogP contribution in [0.1, 0.15) is 13.3 Å². The van der Waals surface area contributed by atoms with Crippen LogP contribution >= 0.6 is 24.0 Å². The normalized spacial score (nSPS) is 14.8. The van der Waals surface area contributed by atoms with E-state index >= 15 is 0 Å². The SMILES string of the molecule is CCCNC(=O)CNC(=NC)N1CCN(c2ccccc2F)CC1.I. The maximum Gasteiger partial charge on any atom is 0.239 e. The molecule has 2 rings (SSSR count). The number of benzene rings is 1. The zero-order chi connectivity index (χ0) is 17.4. The second-order valence-electron chi connectivity index (χ2n) is 5.68. The van der Waals surface area contributed by atoms with Crippen LogP contribution < -0.4 is 15.5 Å². The zero-order valence-corrected chi connectivity index (χ0v) is 17.1. The number of nitrogens with zero attached hydrogens (tertiary/aromatic N) is 3. The number of hydrogen-bond acceptors (Lipinski definition) is 3. The summed E-state index contributed by atoms with van der Waals surface area (Å²) in [4.78, 5) is 20.0. The summed E-state index contributed by atoms with van der Waals surface area (Å²) in [5, 5.41) is 5.91. The fourth-order valence-corrected chi connectivity index (χ4v) is 2.69. The Morgan fingerprint density at radius 1 is 1.20 bits per heavy atom. The van der Waals surface area contributed by atoms with Gasteiger partial charge in [0.15, 0.2) is 5.96 Å². The van der Waals surface area contributed by atoms with Crippen molar-refractivity contribution in [3.63, 3.8) is 0 Å². The van der Waals surface area contributed by atoms with Gasteiger partial charge in [0.25, 0.3) is 0 Å². The van der Waals surface area contributed by atoms with Crippen LogP contribution in [-0.4, -0.2) is 63.1 Å². The topological polar surface area (TPSA) is 60.0 Å². The molecule has 1 heterocycles. The van der Waals surface area contributed by atoms with E-state index in [1.165, 1.54) is 6.07 Å². The highest BCUT2D eigenvalue weighted by Crippen LogP contribution is 2.20. The minimum Gasteiger partial charge on any atom is -0.366 e. The lowest BCUT2D eigenvalue weighted by atomic mass is 10.2. The van der Waals surface area contributed by atoms with E-state index in [0.29, 0.717) is 31.3 Å². The lowest BCUT2D eigenvalue weighted by molar-refractivity contribution is -0.120. The van der Waals surface area contributed by atoms with E-state index in [2.05, 4.69) is 20.5 Å². The Hall–Kier alpha value is -1.58. The second-order valence-corrected chi connectivity index (χ2v) is 5.68. The molecule has 2 N–H and O–H groups in total. The average Bonchev–Trinajstić information content (AvgIpc) is 2.61. The van der Waals surface area contributed by atoms with Crippen LogP contribution in [0.2, 0.25) is 0 Å². The predicted molar refractivity (Wildman–Crippen MR) is 110 cm³/mol. The summed E-state index contributed by atoms with van der Waals surface area (Å²) in [5.74, 6) is 0.471. The number of anilines is 1. The van der Waals surface area contributed by atoms with Gasteiger partial charge in [-0.1, -0.05) is 19.1 Å². The van der Waals surface area contributed by atoms with Gasteiger partial charge in [-0.15, -0.1) is 24.0 Å². The van der Waals surface area contributed by atoms with E-state index in [9.17, 15) is 9.18 Å². The summed E-state index contributed by atoms with van der Waals surface area (Å²) in [6.45, 7) is 5.78. The van der Waals surface area contributed by atoms with Crippen molar-refractivity contribution in [1.29, 1.82) is 0 Å². The van der Waals surface area contributed by atoms with E-state index in [0.717, 1.165) is 19.5 Å². The average molecular weight is 463 g/mol. The molecule has 0 aliphatic carbocycles. The Morgan fingerprint density at radius 2 is 1.88 bits per heavy atom. The molecule has 0 unspecified atom stereocenters. The summed E-state index contributed by atoms with van der Waals surface area (Å²) in [5.41, 5.74) is 0.638. The molecule has 1 amide bonds. The van der Waals surface area contributed by atoms with Crippen LogP contribution in [0.3, 0.4) is 0 Å². The van der Waals surface area contributed by atoms with Gasteiger partial charge in [0, 0.05) is 39.8 Å². The highest BCUT2D eigenvalue weighted by atomic mass is 127. The third-order valence-electron chi connectivity index (χ3n) is 3.96. The minimum absolute atomic E-state index is 0. The van der Waals surface area contributed by atoms with E-state index in [1.807, 2.05) is 17.9 Å². The molecule has 1 fully saturated rings. The van der Waals surface area contributed by atoms with Gasteiger partial charge in [-0.3, -0.25) is 9.79 Å². The molecule has 8 heteroatoms. The van der Waals surface area contributed by atoms with Crippen LogP contribution in [0.25, 0.3) is 0 Å². The van der Waals surface area contributed by atoms with Gasteiger partial charge in [0.05, 0.1) is 12.2 Å². The fourth-order valence-electron chi connectivity index (χ4n) is 2.69. The predicted octanol–water partition coefficient (Wildman–Crippen LogP) is 1.67. The molecule has 0 radical (unpaired) electrons. The quantitative estimate of drug-likeness (QED) is 0.397. The van der Waals surface area contributed by atoms with Gasteiger partial charge < -0.3 is 20.4 Å². The number of carbonyl (C=O) groups excluding carboxylic acids is 1. The van der Waals surface area contributed by atoms with Gasteiger partial charge in [-0.05, 0) is 18.6 Å². The molecular weight excluding hydrogens is 436 g/mol. The molecule has 0 bridgehead atoms. The number of carbonyl (C=O) groups is 1.